The molecular formula is C13H9F3N2O2. The number of aromatic carboxylic acids is 1. The summed E-state index contributed by atoms with van der Waals surface area (Å²) in [4.78, 5) is 11.0. The Balaban J connectivity index is 2.45. The van der Waals surface area contributed by atoms with Crippen LogP contribution in [0.4, 0.5) is 30.2 Å². The fourth-order valence-electron chi connectivity index (χ4n) is 1.62. The first-order chi connectivity index (χ1) is 9.40. The number of nitrogens with one attached hydrogen (secondary N) is 1. The zero-order valence-electron chi connectivity index (χ0n) is 9.95. The van der Waals surface area contributed by atoms with Crippen LogP contribution in [0.3, 0.4) is 0 Å². The van der Waals surface area contributed by atoms with Gasteiger partial charge in [-0.05, 0) is 30.3 Å². The minimum absolute atomic E-state index is 0.0107. The van der Waals surface area contributed by atoms with Crippen LogP contribution in [0.2, 0.25) is 0 Å². The molecule has 0 saturated carbocycles. The van der Waals surface area contributed by atoms with Gasteiger partial charge in [-0.1, -0.05) is 0 Å². The predicted molar refractivity (Wildman–Crippen MR) is 67.4 cm³/mol. The van der Waals surface area contributed by atoms with Gasteiger partial charge in [0.15, 0.2) is 17.5 Å². The summed E-state index contributed by atoms with van der Waals surface area (Å²) in [5.74, 6) is -5.69. The van der Waals surface area contributed by atoms with E-state index in [2.05, 4.69) is 5.32 Å². The van der Waals surface area contributed by atoms with Crippen molar-refractivity contribution >= 4 is 23.0 Å². The average Bonchev–Trinajstić information content (AvgIpc) is 2.41. The summed E-state index contributed by atoms with van der Waals surface area (Å²) < 4.78 is 39.4. The summed E-state index contributed by atoms with van der Waals surface area (Å²) in [6, 6.07) is 5.57. The molecule has 0 amide bonds. The first-order valence-electron chi connectivity index (χ1n) is 5.43. The third-order valence-corrected chi connectivity index (χ3v) is 2.58. The van der Waals surface area contributed by atoms with Crippen LogP contribution in [-0.2, 0) is 0 Å². The summed E-state index contributed by atoms with van der Waals surface area (Å²) in [5.41, 5.74) is 5.08. The van der Waals surface area contributed by atoms with Crippen molar-refractivity contribution in [3.05, 3.63) is 53.3 Å². The smallest absolute Gasteiger partial charge is 0.337 e. The second kappa shape index (κ2) is 5.12. The van der Waals surface area contributed by atoms with Gasteiger partial charge >= 0.3 is 5.97 Å². The topological polar surface area (TPSA) is 75.3 Å². The van der Waals surface area contributed by atoms with E-state index in [4.69, 9.17) is 10.8 Å². The maximum absolute atomic E-state index is 13.5. The van der Waals surface area contributed by atoms with Crippen LogP contribution in [0.5, 0.6) is 0 Å². The minimum Gasteiger partial charge on any atom is -0.478 e. The summed E-state index contributed by atoms with van der Waals surface area (Å²) in [6.07, 6.45) is 0. The molecule has 7 heteroatoms. The van der Waals surface area contributed by atoms with Gasteiger partial charge in [0.05, 0.1) is 16.9 Å². The maximum Gasteiger partial charge on any atom is 0.337 e. The molecule has 0 bridgehead atoms. The van der Waals surface area contributed by atoms with Gasteiger partial charge in [-0.15, -0.1) is 0 Å². The minimum atomic E-state index is -1.64. The SMILES string of the molecule is Nc1ccc(Nc2ccc(F)c(F)c2F)c(C(=O)O)c1. The van der Waals surface area contributed by atoms with E-state index in [1.807, 2.05) is 0 Å². The first kappa shape index (κ1) is 13.7. The monoisotopic (exact) mass is 282 g/mol. The van der Waals surface area contributed by atoms with Crippen molar-refractivity contribution in [3.8, 4) is 0 Å². The lowest BCUT2D eigenvalue weighted by Gasteiger charge is -2.11. The molecule has 0 aliphatic carbocycles. The Morgan fingerprint density at radius 2 is 1.70 bits per heavy atom. The highest BCUT2D eigenvalue weighted by molar-refractivity contribution is 5.96. The van der Waals surface area contributed by atoms with Crippen molar-refractivity contribution in [1.29, 1.82) is 0 Å². The molecule has 20 heavy (non-hydrogen) atoms. The van der Waals surface area contributed by atoms with E-state index >= 15 is 0 Å². The standard InChI is InChI=1S/C13H9F3N2O2/c14-8-2-4-10(12(16)11(8)15)18-9-3-1-6(17)5-7(9)13(19)20/h1-5,18H,17H2,(H,19,20). The van der Waals surface area contributed by atoms with Crippen LogP contribution in [0.15, 0.2) is 30.3 Å². The second-order valence-corrected chi connectivity index (χ2v) is 3.96. The van der Waals surface area contributed by atoms with E-state index in [0.29, 0.717) is 0 Å². The molecule has 2 aromatic rings. The second-order valence-electron chi connectivity index (χ2n) is 3.96. The largest absolute Gasteiger partial charge is 0.478 e. The van der Waals surface area contributed by atoms with E-state index < -0.39 is 23.4 Å². The van der Waals surface area contributed by atoms with Crippen LogP contribution in [0, 0.1) is 17.5 Å². The van der Waals surface area contributed by atoms with E-state index in [9.17, 15) is 18.0 Å². The molecule has 2 rings (SSSR count). The number of benzene rings is 2. The molecule has 0 spiro atoms. The number of nitrogens with two attached hydrogens (primary N) is 1. The van der Waals surface area contributed by atoms with Crippen molar-refractivity contribution in [1.82, 2.24) is 0 Å². The quantitative estimate of drug-likeness (QED) is 0.597. The number of hydrogen-bond donors (Lipinski definition) is 3. The van der Waals surface area contributed by atoms with E-state index in [-0.39, 0.29) is 22.6 Å². The number of hydrogen-bond acceptors (Lipinski definition) is 3. The lowest BCUT2D eigenvalue weighted by atomic mass is 10.1. The van der Waals surface area contributed by atoms with Crippen molar-refractivity contribution in [3.63, 3.8) is 0 Å². The zero-order chi connectivity index (χ0) is 14.9. The molecule has 4 nitrogen and oxygen atoms in total. The third-order valence-electron chi connectivity index (χ3n) is 2.58. The van der Waals surface area contributed by atoms with Crippen LogP contribution < -0.4 is 11.1 Å². The Morgan fingerprint density at radius 1 is 1.05 bits per heavy atom. The van der Waals surface area contributed by atoms with Crippen molar-refractivity contribution in [2.24, 2.45) is 0 Å². The summed E-state index contributed by atoms with van der Waals surface area (Å²) in [5, 5.41) is 11.4. The predicted octanol–water partition coefficient (Wildman–Crippen LogP) is 3.13. The van der Waals surface area contributed by atoms with Gasteiger partial charge in [-0.3, -0.25) is 0 Å². The molecule has 104 valence electrons. The molecule has 0 radical (unpaired) electrons. The zero-order valence-corrected chi connectivity index (χ0v) is 9.95. The van der Waals surface area contributed by atoms with Gasteiger partial charge in [-0.25, -0.2) is 18.0 Å². The highest BCUT2D eigenvalue weighted by Gasteiger charge is 2.16. The summed E-state index contributed by atoms with van der Waals surface area (Å²) in [7, 11) is 0. The maximum atomic E-state index is 13.5. The molecule has 0 unspecified atom stereocenters. The molecule has 0 heterocycles. The third kappa shape index (κ3) is 2.51. The fourth-order valence-corrected chi connectivity index (χ4v) is 1.62. The Bertz CT molecular complexity index is 690. The van der Waals surface area contributed by atoms with Gasteiger partial charge in [0, 0.05) is 5.69 Å². The number of rotatable bonds is 3. The molecular weight excluding hydrogens is 273 g/mol. The van der Waals surface area contributed by atoms with Gasteiger partial charge in [0.25, 0.3) is 0 Å². The Morgan fingerprint density at radius 3 is 2.35 bits per heavy atom. The highest BCUT2D eigenvalue weighted by atomic mass is 19.2. The Labute approximate surface area is 111 Å². The van der Waals surface area contributed by atoms with Gasteiger partial charge in [0.1, 0.15) is 0 Å². The normalized spacial score (nSPS) is 10.3. The molecule has 4 N–H and O–H groups in total. The molecule has 0 aromatic heterocycles. The van der Waals surface area contributed by atoms with Crippen LogP contribution >= 0.6 is 0 Å². The molecule has 2 aromatic carbocycles. The number of nitrogen functional groups attached to an aromatic ring is 1. The molecule has 0 atom stereocenters. The lowest BCUT2D eigenvalue weighted by Crippen LogP contribution is -2.05. The Kier molecular flexibility index (Phi) is 3.51. The molecule has 0 aliphatic heterocycles. The van der Waals surface area contributed by atoms with Gasteiger partial charge < -0.3 is 16.2 Å². The van der Waals surface area contributed by atoms with E-state index in [0.717, 1.165) is 12.1 Å². The number of carbonyl (C=O) groups is 1. The number of anilines is 3. The first-order valence-corrected chi connectivity index (χ1v) is 5.43. The van der Waals surface area contributed by atoms with Gasteiger partial charge in [0.2, 0.25) is 0 Å². The number of carboxylic acid groups (broad SMARTS) is 1. The summed E-state index contributed by atoms with van der Waals surface area (Å²) in [6.45, 7) is 0. The Hall–Kier alpha value is -2.70. The number of carboxylic acids is 1. The number of halogens is 3. The lowest BCUT2D eigenvalue weighted by molar-refractivity contribution is 0.0698. The molecule has 0 aliphatic rings. The fraction of sp³-hybridized carbons (Fsp3) is 0. The van der Waals surface area contributed by atoms with Gasteiger partial charge in [-0.2, -0.15) is 0 Å². The van der Waals surface area contributed by atoms with Crippen LogP contribution in [-0.4, -0.2) is 11.1 Å². The average molecular weight is 282 g/mol. The highest BCUT2D eigenvalue weighted by Crippen LogP contribution is 2.27. The van der Waals surface area contributed by atoms with E-state index in [1.165, 1.54) is 18.2 Å². The molecule has 0 fully saturated rings. The van der Waals surface area contributed by atoms with Crippen molar-refractivity contribution in [2.45, 2.75) is 0 Å². The van der Waals surface area contributed by atoms with Crippen molar-refractivity contribution < 1.29 is 23.1 Å². The molecule has 0 saturated heterocycles. The van der Waals surface area contributed by atoms with Crippen molar-refractivity contribution in [2.75, 3.05) is 11.1 Å². The summed E-state index contributed by atoms with van der Waals surface area (Å²) >= 11 is 0. The van der Waals surface area contributed by atoms with E-state index in [1.54, 1.807) is 0 Å². The van der Waals surface area contributed by atoms with Crippen LogP contribution in [0.1, 0.15) is 10.4 Å². The van der Waals surface area contributed by atoms with Crippen LogP contribution in [0.25, 0.3) is 0 Å².